The predicted octanol–water partition coefficient (Wildman–Crippen LogP) is 6.16. The SMILES string of the molecule is CC12CCC3C(CCC4CCCCCC43C)C1CC=C2n1ccnc1. The maximum atomic E-state index is 4.31. The Bertz CT molecular complexity index is 660. The zero-order valence-electron chi connectivity index (χ0n) is 16.1. The molecule has 25 heavy (non-hydrogen) atoms. The van der Waals surface area contributed by atoms with Crippen LogP contribution in [0.15, 0.2) is 24.8 Å². The predicted molar refractivity (Wildman–Crippen MR) is 103 cm³/mol. The maximum Gasteiger partial charge on any atom is 0.0989 e. The molecule has 0 bridgehead atoms. The van der Waals surface area contributed by atoms with E-state index in [1.54, 1.807) is 5.70 Å². The molecule has 0 spiro atoms. The fourth-order valence-corrected chi connectivity index (χ4v) is 7.82. The number of imidazole rings is 1. The van der Waals surface area contributed by atoms with Gasteiger partial charge in [-0.3, -0.25) is 0 Å². The van der Waals surface area contributed by atoms with Crippen molar-refractivity contribution in [2.75, 3.05) is 0 Å². The van der Waals surface area contributed by atoms with Crippen LogP contribution in [-0.2, 0) is 0 Å². The summed E-state index contributed by atoms with van der Waals surface area (Å²) in [5.41, 5.74) is 2.55. The molecule has 0 amide bonds. The second kappa shape index (κ2) is 5.72. The van der Waals surface area contributed by atoms with Gasteiger partial charge in [-0.25, -0.2) is 4.98 Å². The minimum absolute atomic E-state index is 0.371. The Balaban J connectivity index is 1.46. The molecule has 3 saturated carbocycles. The number of aromatic nitrogens is 2. The van der Waals surface area contributed by atoms with Gasteiger partial charge in [0.15, 0.2) is 0 Å². The summed E-state index contributed by atoms with van der Waals surface area (Å²) in [4.78, 5) is 4.31. The standard InChI is InChI=1S/C23H34N2/c1-22-12-5-3-4-6-17(22)7-8-18-19-9-10-21(25-15-14-24-16-25)23(19,2)13-11-20(18)22/h10,14-20H,3-9,11-13H2,1-2H3. The van der Waals surface area contributed by atoms with Crippen LogP contribution in [0.4, 0.5) is 0 Å². The van der Waals surface area contributed by atoms with Crippen LogP contribution < -0.4 is 0 Å². The van der Waals surface area contributed by atoms with Gasteiger partial charge in [0.25, 0.3) is 0 Å². The summed E-state index contributed by atoms with van der Waals surface area (Å²) in [7, 11) is 0. The first-order valence-electron chi connectivity index (χ1n) is 10.8. The minimum atomic E-state index is 0.371. The number of hydrogen-bond acceptors (Lipinski definition) is 1. The number of rotatable bonds is 1. The molecule has 6 atom stereocenters. The zero-order valence-corrected chi connectivity index (χ0v) is 16.1. The Labute approximate surface area is 153 Å². The van der Waals surface area contributed by atoms with Crippen LogP contribution in [0.25, 0.3) is 5.70 Å². The van der Waals surface area contributed by atoms with Crippen LogP contribution in [0, 0.1) is 34.5 Å². The third-order valence-electron chi connectivity index (χ3n) is 9.16. The summed E-state index contributed by atoms with van der Waals surface area (Å²) in [6, 6.07) is 0. The first-order valence-corrected chi connectivity index (χ1v) is 10.8. The molecule has 0 radical (unpaired) electrons. The lowest BCUT2D eigenvalue weighted by molar-refractivity contribution is -0.0816. The molecule has 136 valence electrons. The molecule has 4 aliphatic rings. The van der Waals surface area contributed by atoms with E-state index in [9.17, 15) is 0 Å². The van der Waals surface area contributed by atoms with Crippen molar-refractivity contribution in [2.45, 2.75) is 78.1 Å². The van der Waals surface area contributed by atoms with E-state index in [1.807, 2.05) is 12.5 Å². The Kier molecular flexibility index (Phi) is 3.70. The highest BCUT2D eigenvalue weighted by Gasteiger charge is 2.57. The van der Waals surface area contributed by atoms with E-state index in [1.165, 1.54) is 64.2 Å². The van der Waals surface area contributed by atoms with Crippen molar-refractivity contribution in [3.8, 4) is 0 Å². The van der Waals surface area contributed by atoms with E-state index in [4.69, 9.17) is 0 Å². The Morgan fingerprint density at radius 2 is 1.92 bits per heavy atom. The van der Waals surface area contributed by atoms with Gasteiger partial charge in [0.2, 0.25) is 0 Å². The Hall–Kier alpha value is -1.05. The normalized spacial score (nSPS) is 46.6. The molecule has 5 rings (SSSR count). The molecule has 2 nitrogen and oxygen atoms in total. The Morgan fingerprint density at radius 3 is 2.76 bits per heavy atom. The van der Waals surface area contributed by atoms with E-state index in [2.05, 4.69) is 35.7 Å². The van der Waals surface area contributed by atoms with Gasteiger partial charge in [0.1, 0.15) is 0 Å². The van der Waals surface area contributed by atoms with Crippen molar-refractivity contribution in [1.29, 1.82) is 0 Å². The quantitative estimate of drug-likeness (QED) is 0.600. The summed E-state index contributed by atoms with van der Waals surface area (Å²) in [6.07, 6.45) is 23.2. The number of hydrogen-bond donors (Lipinski definition) is 0. The molecular formula is C23H34N2. The first-order chi connectivity index (χ1) is 12.1. The molecule has 6 unspecified atom stereocenters. The van der Waals surface area contributed by atoms with Gasteiger partial charge in [-0.15, -0.1) is 0 Å². The van der Waals surface area contributed by atoms with Gasteiger partial charge >= 0.3 is 0 Å². The van der Waals surface area contributed by atoms with Crippen molar-refractivity contribution in [2.24, 2.45) is 34.5 Å². The molecule has 1 aromatic rings. The summed E-state index contributed by atoms with van der Waals surface area (Å²) in [6.45, 7) is 5.26. The smallest absolute Gasteiger partial charge is 0.0989 e. The van der Waals surface area contributed by atoms with Crippen molar-refractivity contribution in [3.05, 3.63) is 24.8 Å². The second-order valence-electron chi connectivity index (χ2n) is 10.0. The number of fused-ring (bicyclic) bond motifs is 5. The van der Waals surface area contributed by atoms with Crippen molar-refractivity contribution < 1.29 is 0 Å². The van der Waals surface area contributed by atoms with E-state index in [0.717, 1.165) is 23.7 Å². The molecule has 0 aliphatic heterocycles. The maximum absolute atomic E-state index is 4.31. The summed E-state index contributed by atoms with van der Waals surface area (Å²) >= 11 is 0. The van der Waals surface area contributed by atoms with Gasteiger partial charge in [-0.05, 0) is 74.0 Å². The molecule has 1 heterocycles. The van der Waals surface area contributed by atoms with Crippen molar-refractivity contribution >= 4 is 5.70 Å². The van der Waals surface area contributed by atoms with Crippen LogP contribution in [0.1, 0.15) is 78.1 Å². The van der Waals surface area contributed by atoms with E-state index in [-0.39, 0.29) is 0 Å². The summed E-state index contributed by atoms with van der Waals surface area (Å²) in [5, 5.41) is 0. The lowest BCUT2D eigenvalue weighted by Crippen LogP contribution is -2.51. The van der Waals surface area contributed by atoms with Gasteiger partial charge < -0.3 is 4.57 Å². The minimum Gasteiger partial charge on any atom is -0.310 e. The first kappa shape index (κ1) is 16.1. The lowest BCUT2D eigenvalue weighted by atomic mass is 9.46. The molecule has 0 N–H and O–H groups in total. The molecule has 0 saturated heterocycles. The summed E-state index contributed by atoms with van der Waals surface area (Å²) < 4.78 is 2.30. The van der Waals surface area contributed by atoms with Gasteiger partial charge in [-0.2, -0.15) is 0 Å². The average Bonchev–Trinajstić information content (AvgIpc) is 3.18. The van der Waals surface area contributed by atoms with Gasteiger partial charge in [-0.1, -0.05) is 39.2 Å². The molecule has 2 heteroatoms. The second-order valence-corrected chi connectivity index (χ2v) is 10.0. The highest BCUT2D eigenvalue weighted by molar-refractivity contribution is 5.56. The van der Waals surface area contributed by atoms with Crippen molar-refractivity contribution in [1.82, 2.24) is 9.55 Å². The van der Waals surface area contributed by atoms with Gasteiger partial charge in [0.05, 0.1) is 6.33 Å². The monoisotopic (exact) mass is 338 g/mol. The van der Waals surface area contributed by atoms with Gasteiger partial charge in [0, 0.05) is 23.5 Å². The average molecular weight is 339 g/mol. The highest BCUT2D eigenvalue weighted by atomic mass is 15.1. The fraction of sp³-hybridized carbons (Fsp3) is 0.783. The lowest BCUT2D eigenvalue weighted by Gasteiger charge is -2.58. The van der Waals surface area contributed by atoms with Crippen LogP contribution >= 0.6 is 0 Å². The van der Waals surface area contributed by atoms with Crippen LogP contribution in [0.3, 0.4) is 0 Å². The molecule has 0 aromatic carbocycles. The fourth-order valence-electron chi connectivity index (χ4n) is 7.82. The number of nitrogens with zero attached hydrogens (tertiary/aromatic N) is 2. The van der Waals surface area contributed by atoms with Crippen LogP contribution in [0.5, 0.6) is 0 Å². The Morgan fingerprint density at radius 1 is 1.00 bits per heavy atom. The van der Waals surface area contributed by atoms with Crippen LogP contribution in [-0.4, -0.2) is 9.55 Å². The van der Waals surface area contributed by atoms with E-state index < -0.39 is 0 Å². The van der Waals surface area contributed by atoms with E-state index >= 15 is 0 Å². The summed E-state index contributed by atoms with van der Waals surface area (Å²) in [5.74, 6) is 3.82. The number of allylic oxidation sites excluding steroid dienone is 2. The largest absolute Gasteiger partial charge is 0.310 e. The topological polar surface area (TPSA) is 17.8 Å². The van der Waals surface area contributed by atoms with Crippen LogP contribution in [0.2, 0.25) is 0 Å². The zero-order chi connectivity index (χ0) is 17.1. The molecule has 4 aliphatic carbocycles. The third kappa shape index (κ3) is 2.25. The van der Waals surface area contributed by atoms with Crippen molar-refractivity contribution in [3.63, 3.8) is 0 Å². The third-order valence-corrected chi connectivity index (χ3v) is 9.16. The van der Waals surface area contributed by atoms with E-state index in [0.29, 0.717) is 10.8 Å². The highest BCUT2D eigenvalue weighted by Crippen LogP contribution is 2.66. The molecule has 3 fully saturated rings. The molecule has 1 aromatic heterocycles. The molecular weight excluding hydrogens is 304 g/mol.